The molecule has 18 heavy (non-hydrogen) atoms. The van der Waals surface area contributed by atoms with E-state index in [1.54, 1.807) is 16.9 Å². The van der Waals surface area contributed by atoms with E-state index in [9.17, 15) is 0 Å². The number of nitrogens with two attached hydrogens (primary N) is 1. The van der Waals surface area contributed by atoms with Gasteiger partial charge in [-0.25, -0.2) is 0 Å². The molecule has 3 N–H and O–H groups in total. The Kier molecular flexibility index (Phi) is 3.06. The summed E-state index contributed by atoms with van der Waals surface area (Å²) < 4.78 is 1.66. The molecule has 2 unspecified atom stereocenters. The molecule has 3 rings (SSSR count). The zero-order chi connectivity index (χ0) is 12.4. The summed E-state index contributed by atoms with van der Waals surface area (Å²) in [7, 11) is 0. The van der Waals surface area contributed by atoms with E-state index in [-0.39, 0.29) is 0 Å². The van der Waals surface area contributed by atoms with E-state index < -0.39 is 0 Å². The fourth-order valence-electron chi connectivity index (χ4n) is 2.56. The monoisotopic (exact) mass is 247 g/mol. The lowest BCUT2D eigenvalue weighted by molar-refractivity contribution is 0.334. The van der Waals surface area contributed by atoms with E-state index >= 15 is 0 Å². The number of anilines is 1. The van der Waals surface area contributed by atoms with Gasteiger partial charge in [0, 0.05) is 12.6 Å². The predicted octanol–water partition coefficient (Wildman–Crippen LogP) is 0.449. The maximum absolute atomic E-state index is 5.99. The van der Waals surface area contributed by atoms with Crippen LogP contribution in [0.5, 0.6) is 0 Å². The molecule has 0 bridgehead atoms. The summed E-state index contributed by atoms with van der Waals surface area (Å²) in [5, 5.41) is 14.8. The van der Waals surface area contributed by atoms with Crippen molar-refractivity contribution in [2.45, 2.75) is 31.7 Å². The Hall–Kier alpha value is -1.76. The van der Waals surface area contributed by atoms with Crippen LogP contribution in [0.1, 0.15) is 25.7 Å². The van der Waals surface area contributed by atoms with Gasteiger partial charge in [-0.05, 0) is 35.6 Å². The van der Waals surface area contributed by atoms with E-state index in [1.807, 2.05) is 0 Å². The number of hydrogen-bond acceptors (Lipinski definition) is 6. The van der Waals surface area contributed by atoms with E-state index in [1.165, 1.54) is 12.8 Å². The Morgan fingerprint density at radius 1 is 1.39 bits per heavy atom. The van der Waals surface area contributed by atoms with E-state index in [4.69, 9.17) is 5.73 Å². The van der Waals surface area contributed by atoms with Crippen molar-refractivity contribution in [2.75, 3.05) is 11.9 Å². The maximum Gasteiger partial charge on any atom is 0.199 e. The fraction of sp³-hybridized carbons (Fsp3) is 0.636. The topological polar surface area (TPSA) is 94.0 Å². The minimum Gasteiger partial charge on any atom is -0.368 e. The molecule has 1 aliphatic carbocycles. The van der Waals surface area contributed by atoms with Crippen LogP contribution in [0.3, 0.4) is 0 Å². The molecule has 0 radical (unpaired) electrons. The highest BCUT2D eigenvalue weighted by Gasteiger charge is 2.19. The molecule has 2 heterocycles. The maximum atomic E-state index is 5.99. The van der Waals surface area contributed by atoms with Gasteiger partial charge in [-0.3, -0.25) is 4.98 Å². The summed E-state index contributed by atoms with van der Waals surface area (Å²) in [5.41, 5.74) is 6.64. The number of rotatable bonds is 3. The van der Waals surface area contributed by atoms with E-state index in [2.05, 4.69) is 25.8 Å². The molecule has 96 valence electrons. The SMILES string of the molecule is NC1CCCC(CNc2cncc3nnnn23)C1. The fourth-order valence-corrected chi connectivity index (χ4v) is 2.56. The lowest BCUT2D eigenvalue weighted by Crippen LogP contribution is -2.31. The zero-order valence-electron chi connectivity index (χ0n) is 10.2. The molecule has 0 aromatic carbocycles. The van der Waals surface area contributed by atoms with Crippen LogP contribution in [-0.2, 0) is 0 Å². The lowest BCUT2D eigenvalue weighted by Gasteiger charge is -2.26. The van der Waals surface area contributed by atoms with E-state index in [0.717, 1.165) is 25.2 Å². The molecule has 1 aliphatic rings. The van der Waals surface area contributed by atoms with Gasteiger partial charge in [-0.2, -0.15) is 4.52 Å². The van der Waals surface area contributed by atoms with Crippen LogP contribution in [0.2, 0.25) is 0 Å². The molecule has 1 saturated carbocycles. The third-order valence-corrected chi connectivity index (χ3v) is 3.50. The number of aromatic nitrogens is 5. The van der Waals surface area contributed by atoms with Crippen molar-refractivity contribution in [1.82, 2.24) is 25.0 Å². The highest BCUT2D eigenvalue weighted by atomic mass is 15.5. The first-order valence-electron chi connectivity index (χ1n) is 6.34. The number of fused-ring (bicyclic) bond motifs is 1. The minimum atomic E-state index is 0.354. The summed E-state index contributed by atoms with van der Waals surface area (Å²) >= 11 is 0. The van der Waals surface area contributed by atoms with Gasteiger partial charge >= 0.3 is 0 Å². The molecule has 0 amide bonds. The quantitative estimate of drug-likeness (QED) is 0.817. The molecule has 1 fully saturated rings. The van der Waals surface area contributed by atoms with Crippen LogP contribution in [0.4, 0.5) is 5.82 Å². The average molecular weight is 247 g/mol. The van der Waals surface area contributed by atoms with Crippen LogP contribution < -0.4 is 11.1 Å². The van der Waals surface area contributed by atoms with Crippen molar-refractivity contribution in [3.8, 4) is 0 Å². The molecular weight excluding hydrogens is 230 g/mol. The highest BCUT2D eigenvalue weighted by molar-refractivity contribution is 5.43. The molecule has 7 heteroatoms. The Bertz CT molecular complexity index is 523. The van der Waals surface area contributed by atoms with Crippen molar-refractivity contribution in [1.29, 1.82) is 0 Å². The first kappa shape index (κ1) is 11.3. The zero-order valence-corrected chi connectivity index (χ0v) is 10.2. The van der Waals surface area contributed by atoms with Gasteiger partial charge in [0.05, 0.1) is 12.4 Å². The molecular formula is C11H17N7. The third kappa shape index (κ3) is 2.26. The van der Waals surface area contributed by atoms with Crippen LogP contribution >= 0.6 is 0 Å². The first-order valence-corrected chi connectivity index (χ1v) is 6.34. The Morgan fingerprint density at radius 2 is 2.33 bits per heavy atom. The Balaban J connectivity index is 1.67. The van der Waals surface area contributed by atoms with Crippen molar-refractivity contribution < 1.29 is 0 Å². The van der Waals surface area contributed by atoms with Crippen molar-refractivity contribution in [3.63, 3.8) is 0 Å². The van der Waals surface area contributed by atoms with Gasteiger partial charge in [0.1, 0.15) is 5.82 Å². The highest BCUT2D eigenvalue weighted by Crippen LogP contribution is 2.23. The van der Waals surface area contributed by atoms with Crippen molar-refractivity contribution in [2.24, 2.45) is 11.7 Å². The summed E-state index contributed by atoms with van der Waals surface area (Å²) in [5.74, 6) is 1.46. The standard InChI is InChI=1S/C11H17N7/c12-9-3-1-2-8(4-9)5-14-10-6-13-7-11-15-16-17-18(10)11/h6-9,14H,1-5,12H2. The summed E-state index contributed by atoms with van der Waals surface area (Å²) in [6.07, 6.45) is 8.08. The largest absolute Gasteiger partial charge is 0.368 e. The van der Waals surface area contributed by atoms with Gasteiger partial charge in [-0.15, -0.1) is 5.10 Å². The summed E-state index contributed by atoms with van der Waals surface area (Å²) in [6, 6.07) is 0.354. The predicted molar refractivity (Wildman–Crippen MR) is 67.0 cm³/mol. The molecule has 0 saturated heterocycles. The van der Waals surface area contributed by atoms with Gasteiger partial charge in [0.2, 0.25) is 0 Å². The molecule has 0 spiro atoms. The molecule has 0 aliphatic heterocycles. The summed E-state index contributed by atoms with van der Waals surface area (Å²) in [6.45, 7) is 0.897. The van der Waals surface area contributed by atoms with Crippen LogP contribution in [0.25, 0.3) is 5.65 Å². The van der Waals surface area contributed by atoms with Crippen LogP contribution in [0.15, 0.2) is 12.4 Å². The Labute approximate surface area is 105 Å². The lowest BCUT2D eigenvalue weighted by atomic mass is 9.86. The molecule has 7 nitrogen and oxygen atoms in total. The van der Waals surface area contributed by atoms with Crippen LogP contribution in [0, 0.1) is 5.92 Å². The number of nitrogens with one attached hydrogen (secondary N) is 1. The molecule has 2 atom stereocenters. The van der Waals surface area contributed by atoms with Crippen LogP contribution in [-0.4, -0.2) is 37.6 Å². The number of hydrogen-bond donors (Lipinski definition) is 2. The smallest absolute Gasteiger partial charge is 0.199 e. The third-order valence-electron chi connectivity index (χ3n) is 3.50. The second kappa shape index (κ2) is 4.85. The average Bonchev–Trinajstić information content (AvgIpc) is 2.85. The van der Waals surface area contributed by atoms with Gasteiger partial charge < -0.3 is 11.1 Å². The van der Waals surface area contributed by atoms with Gasteiger partial charge in [0.15, 0.2) is 5.65 Å². The first-order chi connectivity index (χ1) is 8.83. The van der Waals surface area contributed by atoms with Crippen molar-refractivity contribution in [3.05, 3.63) is 12.4 Å². The minimum absolute atomic E-state index is 0.354. The Morgan fingerprint density at radius 3 is 3.22 bits per heavy atom. The van der Waals surface area contributed by atoms with E-state index in [0.29, 0.717) is 17.6 Å². The second-order valence-corrected chi connectivity index (χ2v) is 4.92. The number of tetrazole rings is 1. The normalized spacial score (nSPS) is 24.3. The molecule has 2 aromatic heterocycles. The van der Waals surface area contributed by atoms with Gasteiger partial charge in [-0.1, -0.05) is 6.42 Å². The summed E-state index contributed by atoms with van der Waals surface area (Å²) in [4.78, 5) is 4.11. The second-order valence-electron chi connectivity index (χ2n) is 4.92. The molecule has 2 aromatic rings. The number of nitrogens with zero attached hydrogens (tertiary/aromatic N) is 5. The van der Waals surface area contributed by atoms with Gasteiger partial charge in [0.25, 0.3) is 0 Å². The van der Waals surface area contributed by atoms with Crippen molar-refractivity contribution >= 4 is 11.5 Å².